The Labute approximate surface area is 116 Å². The highest BCUT2D eigenvalue weighted by molar-refractivity contribution is 6.05. The van der Waals surface area contributed by atoms with Crippen LogP contribution in [-0.4, -0.2) is 16.0 Å². The molecule has 0 fully saturated rings. The standard InChI is InChI=1S/C16H14N2O2/c19-13-6-4-11(5-7-13)10-18-16(20)14-3-1-2-12-8-9-17-15(12)14/h1-9,17,19H,10H2,(H,18,20). The summed E-state index contributed by atoms with van der Waals surface area (Å²) in [6, 6.07) is 14.3. The molecule has 0 radical (unpaired) electrons. The van der Waals surface area contributed by atoms with Crippen molar-refractivity contribution in [3.05, 3.63) is 65.9 Å². The minimum atomic E-state index is -0.119. The fraction of sp³-hybridized carbons (Fsp3) is 0.0625. The Morgan fingerprint density at radius 3 is 2.70 bits per heavy atom. The predicted molar refractivity (Wildman–Crippen MR) is 77.6 cm³/mol. The van der Waals surface area contributed by atoms with Gasteiger partial charge in [0.1, 0.15) is 5.75 Å². The van der Waals surface area contributed by atoms with E-state index in [4.69, 9.17) is 0 Å². The number of rotatable bonds is 3. The average molecular weight is 266 g/mol. The summed E-state index contributed by atoms with van der Waals surface area (Å²) in [4.78, 5) is 15.3. The quantitative estimate of drug-likeness (QED) is 0.682. The van der Waals surface area contributed by atoms with Crippen molar-refractivity contribution in [3.63, 3.8) is 0 Å². The van der Waals surface area contributed by atoms with Crippen LogP contribution in [0.5, 0.6) is 5.75 Å². The Morgan fingerprint density at radius 1 is 1.10 bits per heavy atom. The molecule has 3 N–H and O–H groups in total. The molecule has 0 saturated heterocycles. The SMILES string of the molecule is O=C(NCc1ccc(O)cc1)c1cccc2cc[nH]c12. The number of phenolic OH excluding ortho intramolecular Hbond substituents is 1. The van der Waals surface area contributed by atoms with Gasteiger partial charge in [0, 0.05) is 18.1 Å². The summed E-state index contributed by atoms with van der Waals surface area (Å²) in [5.74, 6) is 0.0994. The van der Waals surface area contributed by atoms with Crippen LogP contribution >= 0.6 is 0 Å². The minimum Gasteiger partial charge on any atom is -0.508 e. The topological polar surface area (TPSA) is 65.1 Å². The zero-order chi connectivity index (χ0) is 13.9. The maximum atomic E-state index is 12.2. The molecular formula is C16H14N2O2. The number of nitrogens with one attached hydrogen (secondary N) is 2. The normalized spacial score (nSPS) is 10.6. The predicted octanol–water partition coefficient (Wildman–Crippen LogP) is 2.80. The Balaban J connectivity index is 1.76. The summed E-state index contributed by atoms with van der Waals surface area (Å²) in [5, 5.41) is 13.1. The first-order valence-corrected chi connectivity index (χ1v) is 6.36. The van der Waals surface area contributed by atoms with Crippen LogP contribution < -0.4 is 5.32 Å². The van der Waals surface area contributed by atoms with Gasteiger partial charge in [-0.15, -0.1) is 0 Å². The molecule has 0 atom stereocenters. The fourth-order valence-electron chi connectivity index (χ4n) is 2.17. The minimum absolute atomic E-state index is 0.119. The molecule has 0 aliphatic rings. The van der Waals surface area contributed by atoms with E-state index in [9.17, 15) is 9.90 Å². The van der Waals surface area contributed by atoms with Gasteiger partial charge < -0.3 is 15.4 Å². The van der Waals surface area contributed by atoms with Crippen molar-refractivity contribution in [1.29, 1.82) is 0 Å². The van der Waals surface area contributed by atoms with Gasteiger partial charge in [-0.25, -0.2) is 0 Å². The van der Waals surface area contributed by atoms with Gasteiger partial charge in [0.25, 0.3) is 5.91 Å². The van der Waals surface area contributed by atoms with E-state index >= 15 is 0 Å². The number of aromatic amines is 1. The third-order valence-corrected chi connectivity index (χ3v) is 3.22. The number of hydrogen-bond acceptors (Lipinski definition) is 2. The molecule has 0 spiro atoms. The summed E-state index contributed by atoms with van der Waals surface area (Å²) in [5.41, 5.74) is 2.41. The number of carbonyl (C=O) groups is 1. The van der Waals surface area contributed by atoms with Crippen LogP contribution in [0, 0.1) is 0 Å². The molecule has 3 rings (SSSR count). The van der Waals surface area contributed by atoms with Gasteiger partial charge in [-0.2, -0.15) is 0 Å². The summed E-state index contributed by atoms with van der Waals surface area (Å²) < 4.78 is 0. The molecule has 1 aromatic heterocycles. The molecule has 4 nitrogen and oxygen atoms in total. The lowest BCUT2D eigenvalue weighted by Crippen LogP contribution is -2.23. The summed E-state index contributed by atoms with van der Waals surface area (Å²) in [7, 11) is 0. The number of H-pyrrole nitrogens is 1. The Kier molecular flexibility index (Phi) is 3.13. The number of fused-ring (bicyclic) bond motifs is 1. The highest BCUT2D eigenvalue weighted by atomic mass is 16.3. The van der Waals surface area contributed by atoms with Crippen molar-refractivity contribution >= 4 is 16.8 Å². The maximum Gasteiger partial charge on any atom is 0.253 e. The molecule has 0 aliphatic carbocycles. The largest absolute Gasteiger partial charge is 0.508 e. The molecule has 0 unspecified atom stereocenters. The van der Waals surface area contributed by atoms with Crippen LogP contribution in [0.3, 0.4) is 0 Å². The van der Waals surface area contributed by atoms with Crippen LogP contribution in [0.15, 0.2) is 54.7 Å². The smallest absolute Gasteiger partial charge is 0.253 e. The van der Waals surface area contributed by atoms with Gasteiger partial charge in [-0.05, 0) is 29.8 Å². The van der Waals surface area contributed by atoms with E-state index in [0.717, 1.165) is 16.5 Å². The number of carbonyl (C=O) groups excluding carboxylic acids is 1. The molecule has 0 aliphatic heterocycles. The zero-order valence-electron chi connectivity index (χ0n) is 10.8. The van der Waals surface area contributed by atoms with Crippen LogP contribution in [0.4, 0.5) is 0 Å². The molecule has 0 saturated carbocycles. The van der Waals surface area contributed by atoms with Gasteiger partial charge in [-0.3, -0.25) is 4.79 Å². The number of phenols is 1. The molecule has 1 amide bonds. The number of para-hydroxylation sites is 1. The van der Waals surface area contributed by atoms with E-state index in [0.29, 0.717) is 12.1 Å². The molecule has 20 heavy (non-hydrogen) atoms. The second kappa shape index (κ2) is 5.09. The second-order valence-corrected chi connectivity index (χ2v) is 4.60. The van der Waals surface area contributed by atoms with Crippen LogP contribution in [0.25, 0.3) is 10.9 Å². The monoisotopic (exact) mass is 266 g/mol. The number of aromatic nitrogens is 1. The van der Waals surface area contributed by atoms with Crippen LogP contribution in [-0.2, 0) is 6.54 Å². The first-order chi connectivity index (χ1) is 9.74. The van der Waals surface area contributed by atoms with Gasteiger partial charge in [0.15, 0.2) is 0 Å². The van der Waals surface area contributed by atoms with Gasteiger partial charge >= 0.3 is 0 Å². The average Bonchev–Trinajstić information content (AvgIpc) is 2.94. The van der Waals surface area contributed by atoms with Crippen molar-refractivity contribution in [3.8, 4) is 5.75 Å². The third kappa shape index (κ3) is 2.36. The molecule has 1 heterocycles. The van der Waals surface area contributed by atoms with E-state index in [-0.39, 0.29) is 11.7 Å². The van der Waals surface area contributed by atoms with Crippen molar-refractivity contribution in [2.24, 2.45) is 0 Å². The van der Waals surface area contributed by atoms with Gasteiger partial charge in [0.05, 0.1) is 11.1 Å². The third-order valence-electron chi connectivity index (χ3n) is 3.22. The second-order valence-electron chi connectivity index (χ2n) is 4.60. The van der Waals surface area contributed by atoms with E-state index < -0.39 is 0 Å². The molecule has 2 aromatic carbocycles. The maximum absolute atomic E-state index is 12.2. The zero-order valence-corrected chi connectivity index (χ0v) is 10.8. The van der Waals surface area contributed by atoms with E-state index in [1.54, 1.807) is 30.3 Å². The lowest BCUT2D eigenvalue weighted by Gasteiger charge is -2.06. The highest BCUT2D eigenvalue weighted by Gasteiger charge is 2.10. The summed E-state index contributed by atoms with van der Waals surface area (Å²) in [6.45, 7) is 0.427. The van der Waals surface area contributed by atoms with E-state index in [2.05, 4.69) is 10.3 Å². The van der Waals surface area contributed by atoms with Gasteiger partial charge in [-0.1, -0.05) is 24.3 Å². The van der Waals surface area contributed by atoms with Crippen molar-refractivity contribution in [1.82, 2.24) is 10.3 Å². The number of amides is 1. The molecule has 100 valence electrons. The molecular weight excluding hydrogens is 252 g/mol. The molecule has 3 aromatic rings. The summed E-state index contributed by atoms with van der Waals surface area (Å²) in [6.07, 6.45) is 1.82. The number of aromatic hydroxyl groups is 1. The van der Waals surface area contributed by atoms with Crippen LogP contribution in [0.1, 0.15) is 15.9 Å². The summed E-state index contributed by atoms with van der Waals surface area (Å²) >= 11 is 0. The molecule has 0 bridgehead atoms. The van der Waals surface area contributed by atoms with Crippen molar-refractivity contribution in [2.75, 3.05) is 0 Å². The number of benzene rings is 2. The van der Waals surface area contributed by atoms with Crippen molar-refractivity contribution in [2.45, 2.75) is 6.54 Å². The lowest BCUT2D eigenvalue weighted by atomic mass is 10.1. The Morgan fingerprint density at radius 2 is 1.90 bits per heavy atom. The fourth-order valence-corrected chi connectivity index (χ4v) is 2.17. The van der Waals surface area contributed by atoms with E-state index in [1.807, 2.05) is 24.4 Å². The Hall–Kier alpha value is -2.75. The first kappa shape index (κ1) is 12.3. The number of hydrogen-bond donors (Lipinski definition) is 3. The first-order valence-electron chi connectivity index (χ1n) is 6.36. The van der Waals surface area contributed by atoms with Crippen LogP contribution in [0.2, 0.25) is 0 Å². The van der Waals surface area contributed by atoms with E-state index in [1.165, 1.54) is 0 Å². The molecule has 4 heteroatoms. The Bertz CT molecular complexity index is 745. The highest BCUT2D eigenvalue weighted by Crippen LogP contribution is 2.17. The van der Waals surface area contributed by atoms with Gasteiger partial charge in [0.2, 0.25) is 0 Å². The lowest BCUT2D eigenvalue weighted by molar-refractivity contribution is 0.0952. The van der Waals surface area contributed by atoms with Crippen molar-refractivity contribution < 1.29 is 9.90 Å².